The minimum absolute atomic E-state index is 0.182. The molecule has 1 heterocycles. The van der Waals surface area contributed by atoms with Crippen LogP contribution in [-0.2, 0) is 14.3 Å². The number of aliphatic hydroxyl groups excluding tert-OH is 5. The van der Waals surface area contributed by atoms with Crippen molar-refractivity contribution in [2.75, 3.05) is 13.2 Å². The second kappa shape index (κ2) is 28.0. The fourth-order valence-corrected chi connectivity index (χ4v) is 5.80. The van der Waals surface area contributed by atoms with E-state index in [9.17, 15) is 30.3 Å². The number of ether oxygens (including phenoxy) is 2. The molecule has 2 unspecified atom stereocenters. The van der Waals surface area contributed by atoms with Crippen LogP contribution < -0.4 is 5.32 Å². The van der Waals surface area contributed by atoms with Gasteiger partial charge in [0.05, 0.1) is 25.4 Å². The lowest BCUT2D eigenvalue weighted by molar-refractivity contribution is -0.302. The van der Waals surface area contributed by atoms with Crippen molar-refractivity contribution in [3.8, 4) is 0 Å². The Bertz CT molecular complexity index is 721. The number of allylic oxidation sites excluding steroid dienone is 1. The zero-order valence-electron chi connectivity index (χ0n) is 28.6. The maximum absolute atomic E-state index is 12.8. The zero-order valence-corrected chi connectivity index (χ0v) is 28.6. The van der Waals surface area contributed by atoms with Crippen LogP contribution in [0, 0.1) is 0 Å². The summed E-state index contributed by atoms with van der Waals surface area (Å²) in [7, 11) is 0. The first kappa shape index (κ1) is 42.0. The summed E-state index contributed by atoms with van der Waals surface area (Å²) in [5.41, 5.74) is 0. The van der Waals surface area contributed by atoms with E-state index in [0.29, 0.717) is 6.42 Å². The highest BCUT2D eigenvalue weighted by atomic mass is 16.7. The van der Waals surface area contributed by atoms with Gasteiger partial charge >= 0.3 is 0 Å². The smallest absolute Gasteiger partial charge is 0.220 e. The van der Waals surface area contributed by atoms with E-state index < -0.39 is 49.5 Å². The molecule has 9 nitrogen and oxygen atoms in total. The monoisotopic (exact) mass is 644 g/mol. The molecule has 266 valence electrons. The molecule has 7 atom stereocenters. The Morgan fingerprint density at radius 3 is 1.73 bits per heavy atom. The number of amides is 1. The van der Waals surface area contributed by atoms with Crippen molar-refractivity contribution in [2.24, 2.45) is 0 Å². The molecule has 0 spiro atoms. The summed E-state index contributed by atoms with van der Waals surface area (Å²) in [5, 5.41) is 53.7. The van der Waals surface area contributed by atoms with Crippen LogP contribution in [0.15, 0.2) is 12.2 Å². The highest BCUT2D eigenvalue weighted by Crippen LogP contribution is 2.22. The van der Waals surface area contributed by atoms with Crippen LogP contribution in [0.2, 0.25) is 0 Å². The molecule has 0 aromatic carbocycles. The molecule has 0 saturated carbocycles. The first-order valence-corrected chi connectivity index (χ1v) is 18.4. The molecule has 1 amide bonds. The molecule has 9 heteroatoms. The van der Waals surface area contributed by atoms with Crippen LogP contribution in [0.3, 0.4) is 0 Å². The van der Waals surface area contributed by atoms with Gasteiger partial charge < -0.3 is 40.3 Å². The Kier molecular flexibility index (Phi) is 26.1. The van der Waals surface area contributed by atoms with Crippen molar-refractivity contribution in [1.82, 2.24) is 5.32 Å². The summed E-state index contributed by atoms with van der Waals surface area (Å²) in [4.78, 5) is 12.8. The average molecular weight is 644 g/mol. The topological polar surface area (TPSA) is 149 Å². The molecular formula is C36H69NO8. The number of aliphatic hydroxyl groups is 5. The molecule has 6 N–H and O–H groups in total. The number of unbranched alkanes of at least 4 members (excludes halogenated alkanes) is 19. The van der Waals surface area contributed by atoms with E-state index in [0.717, 1.165) is 38.5 Å². The normalized spacial score (nSPS) is 23.4. The quantitative estimate of drug-likeness (QED) is 0.0441. The molecule has 1 rings (SSSR count). The summed E-state index contributed by atoms with van der Waals surface area (Å²) in [6.07, 6.45) is 21.1. The summed E-state index contributed by atoms with van der Waals surface area (Å²) in [6.45, 7) is 3.71. The zero-order chi connectivity index (χ0) is 33.1. The van der Waals surface area contributed by atoms with Crippen LogP contribution in [0.25, 0.3) is 0 Å². The maximum atomic E-state index is 12.8. The third-order valence-electron chi connectivity index (χ3n) is 8.86. The van der Waals surface area contributed by atoms with Crippen molar-refractivity contribution in [2.45, 2.75) is 198 Å². The van der Waals surface area contributed by atoms with Crippen molar-refractivity contribution < 1.29 is 39.8 Å². The summed E-state index contributed by atoms with van der Waals surface area (Å²) in [5.74, 6) is -0.182. The van der Waals surface area contributed by atoms with Crippen LogP contribution in [0.5, 0.6) is 0 Å². The number of carbonyl (C=O) groups is 1. The largest absolute Gasteiger partial charge is 0.394 e. The Balaban J connectivity index is 2.49. The number of nitrogens with one attached hydrogen (secondary N) is 1. The van der Waals surface area contributed by atoms with Gasteiger partial charge in [0.25, 0.3) is 0 Å². The van der Waals surface area contributed by atoms with Crippen LogP contribution >= 0.6 is 0 Å². The molecule has 1 fully saturated rings. The van der Waals surface area contributed by atoms with Gasteiger partial charge in [0, 0.05) is 6.42 Å². The van der Waals surface area contributed by atoms with Gasteiger partial charge in [0.1, 0.15) is 24.4 Å². The van der Waals surface area contributed by atoms with E-state index in [1.54, 1.807) is 6.08 Å². The summed E-state index contributed by atoms with van der Waals surface area (Å²) in [6, 6.07) is -0.794. The predicted octanol–water partition coefficient (Wildman–Crippen LogP) is 5.83. The Hall–Kier alpha value is -1.07. The maximum Gasteiger partial charge on any atom is 0.220 e. The highest BCUT2D eigenvalue weighted by Gasteiger charge is 2.44. The fraction of sp³-hybridized carbons (Fsp3) is 0.917. The average Bonchev–Trinajstić information content (AvgIpc) is 3.04. The lowest BCUT2D eigenvalue weighted by atomic mass is 9.99. The van der Waals surface area contributed by atoms with Crippen LogP contribution in [0.4, 0.5) is 0 Å². The van der Waals surface area contributed by atoms with E-state index >= 15 is 0 Å². The minimum atomic E-state index is -1.56. The summed E-state index contributed by atoms with van der Waals surface area (Å²) < 4.78 is 11.1. The standard InChI is InChI=1S/C36H69NO8/c1-3-5-7-9-11-13-14-15-16-18-19-21-23-25-30(39)29(28-44-36-35(43)34(42)33(41)31(27-38)45-36)37-32(40)26-24-22-20-17-12-10-8-6-4-2/h23,25,29-31,33-36,38-39,41-43H,3-22,24,26-28H2,1-2H3,(H,37,40)/b25-23-/t29?,30?,31-,33+,34+,35-,36-/m1/s1. The van der Waals surface area contributed by atoms with Gasteiger partial charge in [-0.25, -0.2) is 0 Å². The van der Waals surface area contributed by atoms with Gasteiger partial charge in [0.2, 0.25) is 5.91 Å². The second-order valence-corrected chi connectivity index (χ2v) is 13.0. The fourth-order valence-electron chi connectivity index (χ4n) is 5.80. The lowest BCUT2D eigenvalue weighted by Crippen LogP contribution is -2.60. The summed E-state index contributed by atoms with van der Waals surface area (Å²) >= 11 is 0. The number of carbonyl (C=O) groups excluding carboxylic acids is 1. The van der Waals surface area contributed by atoms with Crippen molar-refractivity contribution in [1.29, 1.82) is 0 Å². The van der Waals surface area contributed by atoms with Gasteiger partial charge in [-0.05, 0) is 19.3 Å². The van der Waals surface area contributed by atoms with Gasteiger partial charge in [0.15, 0.2) is 6.29 Å². The molecule has 0 radical (unpaired) electrons. The minimum Gasteiger partial charge on any atom is -0.394 e. The van der Waals surface area contributed by atoms with Gasteiger partial charge in [-0.3, -0.25) is 4.79 Å². The first-order chi connectivity index (χ1) is 21.8. The Morgan fingerprint density at radius 1 is 0.733 bits per heavy atom. The van der Waals surface area contributed by atoms with Crippen LogP contribution in [0.1, 0.15) is 155 Å². The first-order valence-electron chi connectivity index (χ1n) is 18.4. The molecule has 1 aliphatic rings. The number of rotatable bonds is 29. The SMILES string of the molecule is CCCCCCCCCCCCC/C=C\C(O)C(CO[C@@H]1O[C@H](CO)[C@H](O)[C@H](O)[C@H]1O)NC(=O)CCCCCCCCCCC. The van der Waals surface area contributed by atoms with E-state index in [-0.39, 0.29) is 12.5 Å². The molecule has 1 saturated heterocycles. The molecular weight excluding hydrogens is 574 g/mol. The van der Waals surface area contributed by atoms with Gasteiger partial charge in [-0.1, -0.05) is 142 Å². The predicted molar refractivity (Wildman–Crippen MR) is 180 cm³/mol. The lowest BCUT2D eigenvalue weighted by Gasteiger charge is -2.40. The molecule has 0 aliphatic carbocycles. The van der Waals surface area contributed by atoms with E-state index in [4.69, 9.17) is 9.47 Å². The van der Waals surface area contributed by atoms with E-state index in [1.807, 2.05) is 6.08 Å². The molecule has 45 heavy (non-hydrogen) atoms. The number of hydrogen-bond acceptors (Lipinski definition) is 8. The van der Waals surface area contributed by atoms with Gasteiger partial charge in [-0.15, -0.1) is 0 Å². The third-order valence-corrected chi connectivity index (χ3v) is 8.86. The molecule has 1 aliphatic heterocycles. The highest BCUT2D eigenvalue weighted by molar-refractivity contribution is 5.76. The Morgan fingerprint density at radius 2 is 1.22 bits per heavy atom. The van der Waals surface area contributed by atoms with Gasteiger partial charge in [-0.2, -0.15) is 0 Å². The number of hydrogen-bond donors (Lipinski definition) is 6. The van der Waals surface area contributed by atoms with E-state index in [2.05, 4.69) is 19.2 Å². The van der Waals surface area contributed by atoms with E-state index in [1.165, 1.54) is 96.3 Å². The molecule has 0 aromatic rings. The second-order valence-electron chi connectivity index (χ2n) is 13.0. The third kappa shape index (κ3) is 20.0. The van der Waals surface area contributed by atoms with Crippen molar-refractivity contribution in [3.05, 3.63) is 12.2 Å². The van der Waals surface area contributed by atoms with Crippen molar-refractivity contribution in [3.63, 3.8) is 0 Å². The van der Waals surface area contributed by atoms with Crippen LogP contribution in [-0.4, -0.2) is 87.5 Å². The molecule has 0 bridgehead atoms. The van der Waals surface area contributed by atoms with Crippen molar-refractivity contribution >= 4 is 5.91 Å². The Labute approximate surface area is 274 Å². The molecule has 0 aromatic heterocycles.